The molecule has 0 radical (unpaired) electrons. The molecule has 6 heteroatoms. The van der Waals surface area contributed by atoms with Crippen LogP contribution in [0.4, 0.5) is 0 Å². The van der Waals surface area contributed by atoms with Crippen molar-refractivity contribution in [1.82, 2.24) is 20.5 Å². The summed E-state index contributed by atoms with van der Waals surface area (Å²) in [4.78, 5) is 30.4. The number of nitrogens with zero attached hydrogens (tertiary/aromatic N) is 2. The maximum atomic E-state index is 12.1. The fraction of sp³-hybridized carbons (Fsp3) is 0.441. The number of nitrogens with one attached hydrogen (secondary N) is 2. The molecule has 2 N–H and O–H groups in total. The monoisotopic (exact) mass is 546 g/mol. The fourth-order valence-electron chi connectivity index (χ4n) is 3.50. The lowest BCUT2D eigenvalue weighted by Gasteiger charge is -2.17. The molecule has 0 atom stereocenters. The van der Waals surface area contributed by atoms with Gasteiger partial charge in [0.1, 0.15) is 0 Å². The number of pyridine rings is 1. The number of carbonyl (C=O) groups is 2. The van der Waals surface area contributed by atoms with Gasteiger partial charge < -0.3 is 15.5 Å². The van der Waals surface area contributed by atoms with E-state index in [-0.39, 0.29) is 11.8 Å². The molecule has 0 aliphatic heterocycles. The number of hydrogen-bond donors (Lipinski definition) is 2. The lowest BCUT2D eigenvalue weighted by Crippen LogP contribution is -2.37. The van der Waals surface area contributed by atoms with E-state index in [9.17, 15) is 9.59 Å². The van der Waals surface area contributed by atoms with Crippen molar-refractivity contribution in [2.24, 2.45) is 0 Å². The second-order valence-corrected chi connectivity index (χ2v) is 9.55. The van der Waals surface area contributed by atoms with Crippen LogP contribution >= 0.6 is 0 Å². The van der Waals surface area contributed by atoms with Crippen LogP contribution in [-0.2, 0) is 4.79 Å². The zero-order valence-corrected chi connectivity index (χ0v) is 24.9. The first-order chi connectivity index (χ1) is 19.5. The molecule has 0 unspecified atom stereocenters. The van der Waals surface area contributed by atoms with Crippen molar-refractivity contribution in [3.63, 3.8) is 0 Å². The number of allylic oxidation sites excluding steroid dienone is 12. The molecule has 0 bridgehead atoms. The van der Waals surface area contributed by atoms with Crippen molar-refractivity contribution in [3.05, 3.63) is 102 Å². The van der Waals surface area contributed by atoms with Gasteiger partial charge in [-0.3, -0.25) is 14.6 Å². The number of aromatic nitrogens is 1. The van der Waals surface area contributed by atoms with Gasteiger partial charge in [0, 0.05) is 44.5 Å². The Morgan fingerprint density at radius 3 is 1.75 bits per heavy atom. The maximum absolute atomic E-state index is 12.1. The quantitative estimate of drug-likeness (QED) is 0.169. The van der Waals surface area contributed by atoms with Gasteiger partial charge in [-0.05, 0) is 71.0 Å². The highest BCUT2D eigenvalue weighted by atomic mass is 16.2. The Hall–Kier alpha value is -3.51. The van der Waals surface area contributed by atoms with Crippen LogP contribution in [0, 0.1) is 6.92 Å². The molecular weight excluding hydrogens is 496 g/mol. The molecule has 0 spiro atoms. The summed E-state index contributed by atoms with van der Waals surface area (Å²) in [6.07, 6.45) is 34.9. The van der Waals surface area contributed by atoms with E-state index < -0.39 is 0 Å². The number of hydrogen-bond acceptors (Lipinski definition) is 4. The van der Waals surface area contributed by atoms with E-state index in [1.54, 1.807) is 12.3 Å². The number of amides is 2. The Morgan fingerprint density at radius 1 is 0.750 bits per heavy atom. The number of aryl methyl sites for hydroxylation is 1. The lowest BCUT2D eigenvalue weighted by atomic mass is 10.2. The predicted molar refractivity (Wildman–Crippen MR) is 169 cm³/mol. The number of likely N-dealkylation sites (N-methyl/N-ethyl adjacent to an activating group) is 1. The molecule has 0 saturated carbocycles. The van der Waals surface area contributed by atoms with E-state index in [4.69, 9.17) is 0 Å². The van der Waals surface area contributed by atoms with E-state index in [1.807, 2.05) is 20.0 Å². The third-order valence-corrected chi connectivity index (χ3v) is 5.90. The summed E-state index contributed by atoms with van der Waals surface area (Å²) in [5.74, 6) is -0.0586. The largest absolute Gasteiger partial charge is 0.355 e. The van der Waals surface area contributed by atoms with Crippen LogP contribution in [0.25, 0.3) is 0 Å². The Kier molecular flexibility index (Phi) is 21.2. The fourth-order valence-corrected chi connectivity index (χ4v) is 3.50. The van der Waals surface area contributed by atoms with E-state index >= 15 is 0 Å². The minimum atomic E-state index is -0.122. The molecule has 6 nitrogen and oxygen atoms in total. The van der Waals surface area contributed by atoms with Crippen molar-refractivity contribution in [1.29, 1.82) is 0 Å². The molecular formula is C34H50N4O2. The van der Waals surface area contributed by atoms with Gasteiger partial charge in [-0.25, -0.2) is 0 Å². The summed E-state index contributed by atoms with van der Waals surface area (Å²) in [6, 6.07) is 3.60. The van der Waals surface area contributed by atoms with Gasteiger partial charge in [-0.2, -0.15) is 0 Å². The second kappa shape index (κ2) is 24.5. The molecule has 1 aromatic heterocycles. The van der Waals surface area contributed by atoms with Crippen LogP contribution in [0.15, 0.2) is 91.2 Å². The van der Waals surface area contributed by atoms with Gasteiger partial charge in [0.05, 0.1) is 5.56 Å². The Labute approximate surface area is 242 Å². The third kappa shape index (κ3) is 20.5. The molecule has 2 amide bonds. The first-order valence-electron chi connectivity index (χ1n) is 14.6. The second-order valence-electron chi connectivity index (χ2n) is 9.55. The molecule has 1 aromatic rings. The van der Waals surface area contributed by atoms with Crippen LogP contribution in [0.2, 0.25) is 0 Å². The van der Waals surface area contributed by atoms with Crippen LogP contribution in [0.5, 0.6) is 0 Å². The molecule has 40 heavy (non-hydrogen) atoms. The average Bonchev–Trinajstić information content (AvgIpc) is 2.94. The normalized spacial score (nSPS) is 12.4. The van der Waals surface area contributed by atoms with E-state index in [2.05, 4.69) is 100 Å². The van der Waals surface area contributed by atoms with Gasteiger partial charge in [-0.1, -0.05) is 79.8 Å². The summed E-state index contributed by atoms with van der Waals surface area (Å²) in [6.45, 7) is 6.61. The van der Waals surface area contributed by atoms with Crippen molar-refractivity contribution >= 4 is 11.8 Å². The highest BCUT2D eigenvalue weighted by molar-refractivity contribution is 5.93. The lowest BCUT2D eigenvalue weighted by molar-refractivity contribution is -0.121. The minimum Gasteiger partial charge on any atom is -0.355 e. The summed E-state index contributed by atoms with van der Waals surface area (Å²) in [5, 5.41) is 5.86. The smallest absolute Gasteiger partial charge is 0.252 e. The molecule has 0 aliphatic rings. The SMILES string of the molecule is CC/C=C\C/C=C\C/C=C\CC=CC/C=C\C/C=C\CCC(=O)NCCN(C)CCNC(=O)c1ccc(C)nc1. The molecule has 1 heterocycles. The Balaban J connectivity index is 1.98. The summed E-state index contributed by atoms with van der Waals surface area (Å²) in [5.41, 5.74) is 1.45. The molecule has 1 rings (SSSR count). The van der Waals surface area contributed by atoms with Crippen LogP contribution in [0.3, 0.4) is 0 Å². The van der Waals surface area contributed by atoms with Gasteiger partial charge in [-0.15, -0.1) is 0 Å². The van der Waals surface area contributed by atoms with Crippen LogP contribution < -0.4 is 10.6 Å². The van der Waals surface area contributed by atoms with E-state index in [0.29, 0.717) is 31.6 Å². The Morgan fingerprint density at radius 2 is 1.25 bits per heavy atom. The van der Waals surface area contributed by atoms with E-state index in [1.165, 1.54) is 0 Å². The van der Waals surface area contributed by atoms with Crippen molar-refractivity contribution in [2.45, 2.75) is 65.2 Å². The van der Waals surface area contributed by atoms with E-state index in [0.717, 1.165) is 57.2 Å². The third-order valence-electron chi connectivity index (χ3n) is 5.90. The molecule has 0 aliphatic carbocycles. The predicted octanol–water partition coefficient (Wildman–Crippen LogP) is 6.65. The number of rotatable bonds is 21. The standard InChI is InChI=1S/C34H50N4O2/c1-4-5-6-7-8-9-10-11-12-13-14-15-16-17-18-19-20-21-22-23-33(39)35-26-28-38(3)29-27-36-34(40)32-25-24-31(2)37-30-32/h5-6,8-9,11-12,14-15,17-18,20-21,24-25,30H,4,7,10,13,16,19,22-23,26-29H2,1-3H3,(H,35,39)(H,36,40)/b6-5-,9-8-,12-11-,15-14?,18-17-,21-20-. The molecule has 218 valence electrons. The first kappa shape index (κ1) is 34.5. The first-order valence-corrected chi connectivity index (χ1v) is 14.6. The van der Waals surface area contributed by atoms with Gasteiger partial charge in [0.15, 0.2) is 0 Å². The molecule has 0 aromatic carbocycles. The highest BCUT2D eigenvalue weighted by Crippen LogP contribution is 2.00. The summed E-state index contributed by atoms with van der Waals surface area (Å²) in [7, 11) is 1.98. The molecule has 0 fully saturated rings. The van der Waals surface area contributed by atoms with Crippen LogP contribution in [-0.4, -0.2) is 54.9 Å². The van der Waals surface area contributed by atoms with Crippen molar-refractivity contribution < 1.29 is 9.59 Å². The minimum absolute atomic E-state index is 0.0631. The highest BCUT2D eigenvalue weighted by Gasteiger charge is 2.06. The van der Waals surface area contributed by atoms with Gasteiger partial charge in [0.2, 0.25) is 5.91 Å². The van der Waals surface area contributed by atoms with Gasteiger partial charge >= 0.3 is 0 Å². The summed E-state index contributed by atoms with van der Waals surface area (Å²) < 4.78 is 0. The maximum Gasteiger partial charge on any atom is 0.252 e. The molecule has 0 saturated heterocycles. The van der Waals surface area contributed by atoms with Crippen LogP contribution in [0.1, 0.15) is 74.3 Å². The van der Waals surface area contributed by atoms with Crippen molar-refractivity contribution in [3.8, 4) is 0 Å². The Bertz CT molecular complexity index is 988. The zero-order valence-electron chi connectivity index (χ0n) is 24.9. The van der Waals surface area contributed by atoms with Crippen molar-refractivity contribution in [2.75, 3.05) is 33.2 Å². The van der Waals surface area contributed by atoms with Gasteiger partial charge in [0.25, 0.3) is 5.91 Å². The number of carbonyl (C=O) groups excluding carboxylic acids is 2. The average molecular weight is 547 g/mol. The topological polar surface area (TPSA) is 74.3 Å². The zero-order chi connectivity index (χ0) is 29.1. The summed E-state index contributed by atoms with van der Waals surface area (Å²) >= 11 is 0.